The maximum absolute atomic E-state index is 12.7. The monoisotopic (exact) mass is 407 g/mol. The van der Waals surface area contributed by atoms with Crippen LogP contribution in [0.1, 0.15) is 30.4 Å². The summed E-state index contributed by atoms with van der Waals surface area (Å²) >= 11 is 0. The number of hydrogen-bond donors (Lipinski definition) is 0. The molecule has 6 heteroatoms. The third kappa shape index (κ3) is 4.82. The SMILES string of the molecule is Cc1ccc(CN2CCCN(C(=O)CCCn3c(=O)oc4ccccc43)CC2)cc1. The van der Waals surface area contributed by atoms with Crippen LogP contribution < -0.4 is 5.76 Å². The van der Waals surface area contributed by atoms with Crippen LogP contribution in [0.25, 0.3) is 11.1 Å². The van der Waals surface area contributed by atoms with E-state index >= 15 is 0 Å². The molecule has 1 aliphatic heterocycles. The molecule has 0 bridgehead atoms. The number of aromatic nitrogens is 1. The van der Waals surface area contributed by atoms with Gasteiger partial charge in [-0.1, -0.05) is 42.0 Å². The number of rotatable bonds is 6. The van der Waals surface area contributed by atoms with Crippen molar-refractivity contribution in [3.05, 3.63) is 70.2 Å². The highest BCUT2D eigenvalue weighted by molar-refractivity contribution is 5.76. The molecule has 1 amide bonds. The number of amides is 1. The largest absolute Gasteiger partial charge is 0.419 e. The van der Waals surface area contributed by atoms with E-state index in [1.807, 2.05) is 23.1 Å². The number of fused-ring (bicyclic) bond motifs is 1. The first-order valence-electron chi connectivity index (χ1n) is 10.7. The van der Waals surface area contributed by atoms with Crippen molar-refractivity contribution < 1.29 is 9.21 Å². The van der Waals surface area contributed by atoms with Crippen LogP contribution in [0.5, 0.6) is 0 Å². The van der Waals surface area contributed by atoms with E-state index in [0.29, 0.717) is 25.0 Å². The predicted octanol–water partition coefficient (Wildman–Crippen LogP) is 3.42. The van der Waals surface area contributed by atoms with E-state index in [0.717, 1.165) is 44.7 Å². The molecule has 0 spiro atoms. The summed E-state index contributed by atoms with van der Waals surface area (Å²) < 4.78 is 6.88. The summed E-state index contributed by atoms with van der Waals surface area (Å²) in [4.78, 5) is 29.2. The molecule has 0 radical (unpaired) electrons. The number of oxazole rings is 1. The molecule has 3 aromatic rings. The fraction of sp³-hybridized carbons (Fsp3) is 0.417. The zero-order chi connectivity index (χ0) is 20.9. The van der Waals surface area contributed by atoms with Crippen LogP contribution in [0.3, 0.4) is 0 Å². The van der Waals surface area contributed by atoms with Crippen molar-refractivity contribution in [2.24, 2.45) is 0 Å². The van der Waals surface area contributed by atoms with E-state index in [4.69, 9.17) is 4.42 Å². The summed E-state index contributed by atoms with van der Waals surface area (Å²) in [5, 5.41) is 0. The molecule has 0 saturated carbocycles. The fourth-order valence-electron chi connectivity index (χ4n) is 4.10. The van der Waals surface area contributed by atoms with Crippen molar-refractivity contribution in [3.8, 4) is 0 Å². The Labute approximate surface area is 176 Å². The van der Waals surface area contributed by atoms with Crippen molar-refractivity contribution in [2.75, 3.05) is 26.2 Å². The third-order valence-corrected chi connectivity index (χ3v) is 5.81. The fourth-order valence-corrected chi connectivity index (χ4v) is 4.10. The molecule has 1 aromatic heterocycles. The Morgan fingerprint density at radius 2 is 1.80 bits per heavy atom. The standard InChI is InChI=1S/C24H29N3O3/c1-19-9-11-20(12-10-19)18-25-13-5-14-26(17-16-25)23(28)8-4-15-27-21-6-2-3-7-22(21)30-24(27)29/h2-3,6-7,9-12H,4-5,8,13-18H2,1H3. The Morgan fingerprint density at radius 3 is 2.63 bits per heavy atom. The van der Waals surface area contributed by atoms with Crippen LogP contribution in [0.4, 0.5) is 0 Å². The van der Waals surface area contributed by atoms with Crippen LogP contribution in [0.2, 0.25) is 0 Å². The van der Waals surface area contributed by atoms with Crippen LogP contribution >= 0.6 is 0 Å². The van der Waals surface area contributed by atoms with Crippen molar-refractivity contribution in [3.63, 3.8) is 0 Å². The van der Waals surface area contributed by atoms with Gasteiger partial charge in [-0.05, 0) is 37.5 Å². The molecular formula is C24H29N3O3. The summed E-state index contributed by atoms with van der Waals surface area (Å²) in [6.45, 7) is 7.00. The van der Waals surface area contributed by atoms with Gasteiger partial charge in [0, 0.05) is 45.7 Å². The summed E-state index contributed by atoms with van der Waals surface area (Å²) in [7, 11) is 0. The second-order valence-electron chi connectivity index (χ2n) is 8.09. The van der Waals surface area contributed by atoms with Gasteiger partial charge in [-0.15, -0.1) is 0 Å². The molecule has 30 heavy (non-hydrogen) atoms. The van der Waals surface area contributed by atoms with Gasteiger partial charge in [0.2, 0.25) is 5.91 Å². The minimum atomic E-state index is -0.356. The van der Waals surface area contributed by atoms with Crippen LogP contribution in [0, 0.1) is 6.92 Å². The number of carbonyl (C=O) groups excluding carboxylic acids is 1. The highest BCUT2D eigenvalue weighted by Crippen LogP contribution is 2.14. The van der Waals surface area contributed by atoms with E-state index < -0.39 is 0 Å². The molecule has 1 saturated heterocycles. The van der Waals surface area contributed by atoms with Gasteiger partial charge in [0.05, 0.1) is 5.52 Å². The van der Waals surface area contributed by atoms with Gasteiger partial charge in [-0.2, -0.15) is 0 Å². The number of carbonyl (C=O) groups is 1. The number of benzene rings is 2. The van der Waals surface area contributed by atoms with E-state index in [1.165, 1.54) is 11.1 Å². The normalized spacial score (nSPS) is 15.4. The topological polar surface area (TPSA) is 58.7 Å². The molecule has 1 fully saturated rings. The lowest BCUT2D eigenvalue weighted by molar-refractivity contribution is -0.131. The lowest BCUT2D eigenvalue weighted by Gasteiger charge is -2.22. The quantitative estimate of drug-likeness (QED) is 0.628. The van der Waals surface area contributed by atoms with Crippen LogP contribution in [0.15, 0.2) is 57.7 Å². The Morgan fingerprint density at radius 1 is 1.00 bits per heavy atom. The smallest absolute Gasteiger partial charge is 0.408 e. The first kappa shape index (κ1) is 20.4. The van der Waals surface area contributed by atoms with Gasteiger partial charge in [-0.3, -0.25) is 14.3 Å². The third-order valence-electron chi connectivity index (χ3n) is 5.81. The summed E-state index contributed by atoms with van der Waals surface area (Å²) in [5.41, 5.74) is 3.97. The van der Waals surface area contributed by atoms with Gasteiger partial charge in [0.25, 0.3) is 0 Å². The Hall–Kier alpha value is -2.86. The van der Waals surface area contributed by atoms with Gasteiger partial charge < -0.3 is 9.32 Å². The molecule has 2 heterocycles. The van der Waals surface area contributed by atoms with Gasteiger partial charge in [0.15, 0.2) is 5.58 Å². The average Bonchev–Trinajstić information content (AvgIpc) is 2.90. The minimum Gasteiger partial charge on any atom is -0.408 e. The maximum Gasteiger partial charge on any atom is 0.419 e. The Balaban J connectivity index is 1.27. The average molecular weight is 408 g/mol. The van der Waals surface area contributed by atoms with Gasteiger partial charge in [-0.25, -0.2) is 4.79 Å². The van der Waals surface area contributed by atoms with E-state index in [-0.39, 0.29) is 11.7 Å². The van der Waals surface area contributed by atoms with Crippen LogP contribution in [-0.4, -0.2) is 46.5 Å². The predicted molar refractivity (Wildman–Crippen MR) is 117 cm³/mol. The van der Waals surface area contributed by atoms with Crippen molar-refractivity contribution >= 4 is 17.0 Å². The van der Waals surface area contributed by atoms with E-state index in [9.17, 15) is 9.59 Å². The molecular weight excluding hydrogens is 378 g/mol. The first-order valence-corrected chi connectivity index (χ1v) is 10.7. The zero-order valence-corrected chi connectivity index (χ0v) is 17.5. The molecule has 0 unspecified atom stereocenters. The van der Waals surface area contributed by atoms with Gasteiger partial charge in [0.1, 0.15) is 0 Å². The zero-order valence-electron chi connectivity index (χ0n) is 17.5. The van der Waals surface area contributed by atoms with Crippen molar-refractivity contribution in [2.45, 2.75) is 39.3 Å². The van der Waals surface area contributed by atoms with E-state index in [1.54, 1.807) is 10.6 Å². The Bertz CT molecular complexity index is 1050. The molecule has 0 atom stereocenters. The molecule has 2 aromatic carbocycles. The summed E-state index contributed by atoms with van der Waals surface area (Å²) in [5.74, 6) is -0.182. The highest BCUT2D eigenvalue weighted by Gasteiger charge is 2.19. The number of hydrogen-bond acceptors (Lipinski definition) is 4. The lowest BCUT2D eigenvalue weighted by Crippen LogP contribution is -2.35. The minimum absolute atomic E-state index is 0.174. The molecule has 1 aliphatic rings. The number of aryl methyl sites for hydroxylation is 2. The highest BCUT2D eigenvalue weighted by atomic mass is 16.4. The molecule has 0 N–H and O–H groups in total. The van der Waals surface area contributed by atoms with Gasteiger partial charge >= 0.3 is 5.76 Å². The Kier molecular flexibility index (Phi) is 6.33. The molecule has 158 valence electrons. The first-order chi connectivity index (χ1) is 14.6. The second-order valence-corrected chi connectivity index (χ2v) is 8.09. The number of nitrogens with zero attached hydrogens (tertiary/aromatic N) is 3. The maximum atomic E-state index is 12.7. The summed E-state index contributed by atoms with van der Waals surface area (Å²) in [6, 6.07) is 16.1. The van der Waals surface area contributed by atoms with Crippen molar-refractivity contribution in [1.82, 2.24) is 14.4 Å². The molecule has 0 aliphatic carbocycles. The lowest BCUT2D eigenvalue weighted by atomic mass is 10.1. The summed E-state index contributed by atoms with van der Waals surface area (Å²) in [6.07, 6.45) is 2.07. The molecule has 4 rings (SSSR count). The second kappa shape index (κ2) is 9.30. The van der Waals surface area contributed by atoms with Crippen LogP contribution in [-0.2, 0) is 17.9 Å². The number of para-hydroxylation sites is 2. The van der Waals surface area contributed by atoms with Crippen molar-refractivity contribution in [1.29, 1.82) is 0 Å². The molecule has 6 nitrogen and oxygen atoms in total. The van der Waals surface area contributed by atoms with E-state index in [2.05, 4.69) is 36.1 Å².